The van der Waals surface area contributed by atoms with Gasteiger partial charge in [-0.05, 0) is 23.8 Å². The van der Waals surface area contributed by atoms with Gasteiger partial charge >= 0.3 is 0 Å². The van der Waals surface area contributed by atoms with Crippen molar-refractivity contribution < 1.29 is 17.2 Å². The highest BCUT2D eigenvalue weighted by Crippen LogP contribution is 2.11. The number of hydrogen-bond acceptors (Lipinski definition) is 3. The minimum absolute atomic E-state index is 0.0378. The summed E-state index contributed by atoms with van der Waals surface area (Å²) < 4.78 is 48.3. The molecule has 0 radical (unpaired) electrons. The lowest BCUT2D eigenvalue weighted by molar-refractivity contribution is 0.560. The molecule has 21 heavy (non-hydrogen) atoms. The summed E-state index contributed by atoms with van der Waals surface area (Å²) in [6, 6.07) is 9.46. The number of sulfonamides is 1. The molecule has 3 N–H and O–H groups in total. The van der Waals surface area contributed by atoms with Crippen molar-refractivity contribution in [2.75, 3.05) is 0 Å². The monoisotopic (exact) mass is 312 g/mol. The first-order valence-electron chi connectivity index (χ1n) is 6.12. The van der Waals surface area contributed by atoms with Gasteiger partial charge < -0.3 is 5.32 Å². The van der Waals surface area contributed by atoms with E-state index in [1.54, 1.807) is 12.1 Å². The van der Waals surface area contributed by atoms with Crippen LogP contribution < -0.4 is 10.5 Å². The minimum atomic E-state index is -3.70. The number of halogens is 2. The van der Waals surface area contributed by atoms with Crippen LogP contribution in [0.25, 0.3) is 0 Å². The molecule has 0 bridgehead atoms. The number of primary sulfonamides is 1. The summed E-state index contributed by atoms with van der Waals surface area (Å²) in [6.45, 7) is 0.658. The first-order chi connectivity index (χ1) is 9.86. The predicted octanol–water partition coefficient (Wildman–Crippen LogP) is 1.90. The Kier molecular flexibility index (Phi) is 4.66. The molecule has 0 spiro atoms. The van der Waals surface area contributed by atoms with E-state index in [0.717, 1.165) is 11.6 Å². The van der Waals surface area contributed by atoms with Gasteiger partial charge in [0.25, 0.3) is 0 Å². The first-order valence-corrected chi connectivity index (χ1v) is 7.67. The third-order valence-electron chi connectivity index (χ3n) is 2.91. The Bertz CT molecular complexity index is 731. The molecule has 0 amide bonds. The molecule has 0 saturated carbocycles. The molecule has 0 aliphatic carbocycles. The molecule has 0 atom stereocenters. The van der Waals surface area contributed by atoms with Crippen LogP contribution >= 0.6 is 0 Å². The maximum absolute atomic E-state index is 13.4. The van der Waals surface area contributed by atoms with E-state index in [9.17, 15) is 17.2 Å². The fourth-order valence-corrected chi connectivity index (χ4v) is 2.32. The van der Waals surface area contributed by atoms with E-state index in [1.807, 2.05) is 0 Å². The fraction of sp³-hybridized carbons (Fsp3) is 0.143. The Morgan fingerprint density at radius 3 is 2.24 bits per heavy atom. The smallest absolute Gasteiger partial charge is 0.238 e. The van der Waals surface area contributed by atoms with Gasteiger partial charge in [-0.15, -0.1) is 0 Å². The van der Waals surface area contributed by atoms with E-state index < -0.39 is 21.7 Å². The minimum Gasteiger partial charge on any atom is -0.309 e. The van der Waals surface area contributed by atoms with Gasteiger partial charge in [0, 0.05) is 24.7 Å². The lowest BCUT2D eigenvalue weighted by Gasteiger charge is -2.07. The largest absolute Gasteiger partial charge is 0.309 e. The number of nitrogens with two attached hydrogens (primary N) is 1. The summed E-state index contributed by atoms with van der Waals surface area (Å²) in [5, 5.41) is 7.99. The second-order valence-corrected chi connectivity index (χ2v) is 6.09. The lowest BCUT2D eigenvalue weighted by Crippen LogP contribution is -2.15. The summed E-state index contributed by atoms with van der Waals surface area (Å²) in [5.74, 6) is -1.22. The normalized spacial score (nSPS) is 11.6. The first kappa shape index (κ1) is 15.6. The highest BCUT2D eigenvalue weighted by Gasteiger charge is 2.07. The van der Waals surface area contributed by atoms with Gasteiger partial charge in [-0.1, -0.05) is 18.2 Å². The molecule has 2 aromatic rings. The van der Waals surface area contributed by atoms with E-state index in [-0.39, 0.29) is 11.4 Å². The molecule has 112 valence electrons. The Morgan fingerprint density at radius 1 is 1.00 bits per heavy atom. The van der Waals surface area contributed by atoms with Gasteiger partial charge in [0.1, 0.15) is 11.6 Å². The molecule has 7 heteroatoms. The van der Waals surface area contributed by atoms with Crippen LogP contribution in [-0.2, 0) is 23.1 Å². The molecule has 0 heterocycles. The third-order valence-corrected chi connectivity index (χ3v) is 3.84. The van der Waals surface area contributed by atoms with E-state index >= 15 is 0 Å². The second-order valence-electron chi connectivity index (χ2n) is 4.53. The van der Waals surface area contributed by atoms with E-state index in [4.69, 9.17) is 5.14 Å². The standard InChI is InChI=1S/C14H14F2N2O2S/c15-12-4-3-11(14(16)7-12)9-18-8-10-1-5-13(6-2-10)21(17,19)20/h1-7,18H,8-9H2,(H2,17,19,20). The van der Waals surface area contributed by atoms with Crippen LogP contribution in [0.5, 0.6) is 0 Å². The zero-order valence-corrected chi connectivity index (χ0v) is 11.8. The fourth-order valence-electron chi connectivity index (χ4n) is 1.80. The molecule has 0 aliphatic rings. The molecule has 0 unspecified atom stereocenters. The van der Waals surface area contributed by atoms with Crippen LogP contribution in [0.15, 0.2) is 47.4 Å². The van der Waals surface area contributed by atoms with Crippen LogP contribution in [0, 0.1) is 11.6 Å². The van der Waals surface area contributed by atoms with Crippen molar-refractivity contribution in [3.63, 3.8) is 0 Å². The molecule has 0 aromatic heterocycles. The van der Waals surface area contributed by atoms with Crippen molar-refractivity contribution in [2.24, 2.45) is 5.14 Å². The second kappa shape index (κ2) is 6.30. The SMILES string of the molecule is NS(=O)(=O)c1ccc(CNCc2ccc(F)cc2F)cc1. The van der Waals surface area contributed by atoms with Crippen molar-refractivity contribution in [1.29, 1.82) is 0 Å². The van der Waals surface area contributed by atoms with Crippen LogP contribution in [0.4, 0.5) is 8.78 Å². The van der Waals surface area contributed by atoms with E-state index in [2.05, 4.69) is 5.32 Å². The molecular formula is C14H14F2N2O2S. The van der Waals surface area contributed by atoms with Crippen molar-refractivity contribution in [2.45, 2.75) is 18.0 Å². The maximum Gasteiger partial charge on any atom is 0.238 e. The summed E-state index contributed by atoms with van der Waals surface area (Å²) in [7, 11) is -3.70. The van der Waals surface area contributed by atoms with Crippen molar-refractivity contribution >= 4 is 10.0 Å². The van der Waals surface area contributed by atoms with Gasteiger partial charge in [0.05, 0.1) is 4.90 Å². The van der Waals surface area contributed by atoms with Gasteiger partial charge in [0.15, 0.2) is 0 Å². The predicted molar refractivity (Wildman–Crippen MR) is 74.7 cm³/mol. The van der Waals surface area contributed by atoms with Crippen molar-refractivity contribution in [3.8, 4) is 0 Å². The zero-order valence-electron chi connectivity index (χ0n) is 11.0. The molecular weight excluding hydrogens is 298 g/mol. The van der Waals surface area contributed by atoms with Crippen LogP contribution in [0.2, 0.25) is 0 Å². The number of rotatable bonds is 5. The van der Waals surface area contributed by atoms with Gasteiger partial charge in [-0.2, -0.15) is 0 Å². The summed E-state index contributed by atoms with van der Waals surface area (Å²) in [5.41, 5.74) is 1.18. The lowest BCUT2D eigenvalue weighted by atomic mass is 10.2. The Morgan fingerprint density at radius 2 is 1.67 bits per heavy atom. The molecule has 0 saturated heterocycles. The molecule has 4 nitrogen and oxygen atoms in total. The quantitative estimate of drug-likeness (QED) is 0.886. The molecule has 0 fully saturated rings. The molecule has 2 rings (SSSR count). The average molecular weight is 312 g/mol. The topological polar surface area (TPSA) is 72.2 Å². The summed E-state index contributed by atoms with van der Waals surface area (Å²) in [4.78, 5) is 0.0378. The Balaban J connectivity index is 1.94. The van der Waals surface area contributed by atoms with E-state index in [1.165, 1.54) is 24.3 Å². The van der Waals surface area contributed by atoms with Gasteiger partial charge in [-0.25, -0.2) is 22.3 Å². The highest BCUT2D eigenvalue weighted by molar-refractivity contribution is 7.89. The molecule has 0 aliphatic heterocycles. The van der Waals surface area contributed by atoms with Crippen molar-refractivity contribution in [1.82, 2.24) is 5.32 Å². The Hall–Kier alpha value is -1.83. The van der Waals surface area contributed by atoms with E-state index in [0.29, 0.717) is 12.1 Å². The van der Waals surface area contributed by atoms with Gasteiger partial charge in [0.2, 0.25) is 10.0 Å². The van der Waals surface area contributed by atoms with Crippen molar-refractivity contribution in [3.05, 3.63) is 65.2 Å². The number of hydrogen-bond donors (Lipinski definition) is 2. The zero-order chi connectivity index (χ0) is 15.5. The average Bonchev–Trinajstić information content (AvgIpc) is 2.41. The highest BCUT2D eigenvalue weighted by atomic mass is 32.2. The Labute approximate surface area is 121 Å². The van der Waals surface area contributed by atoms with Crippen LogP contribution in [0.1, 0.15) is 11.1 Å². The van der Waals surface area contributed by atoms with Gasteiger partial charge in [-0.3, -0.25) is 0 Å². The maximum atomic E-state index is 13.4. The van der Waals surface area contributed by atoms with Crippen LogP contribution in [-0.4, -0.2) is 8.42 Å². The number of nitrogens with one attached hydrogen (secondary N) is 1. The molecule has 2 aromatic carbocycles. The summed E-state index contributed by atoms with van der Waals surface area (Å²) >= 11 is 0. The number of benzene rings is 2. The third kappa shape index (κ3) is 4.32. The summed E-state index contributed by atoms with van der Waals surface area (Å²) in [6.07, 6.45) is 0. The van der Waals surface area contributed by atoms with Crippen LogP contribution in [0.3, 0.4) is 0 Å².